The molecule has 1 atom stereocenters. The summed E-state index contributed by atoms with van der Waals surface area (Å²) < 4.78 is 2.27. The number of nitrogens with zero attached hydrogens (tertiary/aromatic N) is 4. The highest BCUT2D eigenvalue weighted by Crippen LogP contribution is 2.29. The Morgan fingerprint density at radius 2 is 1.83 bits per heavy atom. The zero-order chi connectivity index (χ0) is 18.2. The molecule has 130 valence electrons. The van der Waals surface area contributed by atoms with Crippen molar-refractivity contribution in [3.8, 4) is 0 Å². The van der Waals surface area contributed by atoms with Crippen LogP contribution in [0, 0.1) is 0 Å². The summed E-state index contributed by atoms with van der Waals surface area (Å²) in [6.45, 7) is 5.54. The molecule has 0 saturated heterocycles. The highest BCUT2D eigenvalue weighted by Gasteiger charge is 2.23. The molecule has 0 unspecified atom stereocenters. The summed E-state index contributed by atoms with van der Waals surface area (Å²) >= 11 is 1.02. The lowest BCUT2D eigenvalue weighted by atomic mass is 10.2. The number of thioether (sulfide) groups is 1. The largest absolute Gasteiger partial charge is 0.480 e. The van der Waals surface area contributed by atoms with Crippen molar-refractivity contribution >= 4 is 28.8 Å². The third kappa shape index (κ3) is 3.08. The molecule has 0 aliphatic carbocycles. The van der Waals surface area contributed by atoms with E-state index in [1.807, 2.05) is 13.8 Å². The molecule has 0 saturated carbocycles. The van der Waals surface area contributed by atoms with E-state index in [-0.39, 0.29) is 17.0 Å². The Morgan fingerprint density at radius 1 is 1.21 bits per heavy atom. The Bertz CT molecular complexity index is 916. The lowest BCUT2D eigenvalue weighted by Gasteiger charge is -2.15. The van der Waals surface area contributed by atoms with Crippen LogP contribution in [-0.4, -0.2) is 35.4 Å². The zero-order valence-corrected chi connectivity index (χ0v) is 15.0. The van der Waals surface area contributed by atoms with E-state index in [1.165, 1.54) is 18.7 Å². The number of hydrogen-bond donors (Lipinski definition) is 1. The van der Waals surface area contributed by atoms with Gasteiger partial charge in [-0.3, -0.25) is 18.7 Å². The van der Waals surface area contributed by atoms with Gasteiger partial charge in [0.15, 0.2) is 5.65 Å². The van der Waals surface area contributed by atoms with Crippen molar-refractivity contribution in [2.75, 3.05) is 0 Å². The van der Waals surface area contributed by atoms with Crippen molar-refractivity contribution in [1.82, 2.24) is 19.1 Å². The number of rotatable bonds is 5. The molecule has 0 fully saturated rings. The number of carbonyl (C=O) groups is 1. The molecule has 2 heterocycles. The van der Waals surface area contributed by atoms with Gasteiger partial charge in [-0.1, -0.05) is 32.5 Å². The van der Waals surface area contributed by atoms with Gasteiger partial charge in [-0.05, 0) is 6.42 Å². The van der Waals surface area contributed by atoms with E-state index in [0.717, 1.165) is 16.3 Å². The molecular formula is C15H20N4O4S. The topological polar surface area (TPSA) is 107 Å². The van der Waals surface area contributed by atoms with Crippen LogP contribution in [0.15, 0.2) is 14.6 Å². The highest BCUT2D eigenvalue weighted by atomic mass is 32.2. The van der Waals surface area contributed by atoms with Gasteiger partial charge >= 0.3 is 11.7 Å². The third-order valence-corrected chi connectivity index (χ3v) is 5.04. The standard InChI is InChI=1S/C15H20N4O4S/c1-6-8(14(21)22)24-12-9-11(16-10(17-12)7(2)3)18(4)15(23)19(5)13(9)20/h7-8H,6H2,1-5H3,(H,21,22)/t8-/m1/s1. The molecule has 0 aromatic carbocycles. The normalized spacial score (nSPS) is 12.8. The number of fused-ring (bicyclic) bond motifs is 1. The summed E-state index contributed by atoms with van der Waals surface area (Å²) in [7, 11) is 2.91. The lowest BCUT2D eigenvalue weighted by Crippen LogP contribution is -2.38. The van der Waals surface area contributed by atoms with Crippen molar-refractivity contribution in [2.24, 2.45) is 14.1 Å². The maximum atomic E-state index is 12.6. The van der Waals surface area contributed by atoms with Gasteiger partial charge in [0.05, 0.1) is 0 Å². The SMILES string of the molecule is CC[C@@H](Sc1nc(C(C)C)nc2c1c(=O)n(C)c(=O)n2C)C(=O)O. The predicted octanol–water partition coefficient (Wildman–Crippen LogP) is 1.11. The van der Waals surface area contributed by atoms with Crippen LogP contribution >= 0.6 is 11.8 Å². The van der Waals surface area contributed by atoms with Crippen LogP contribution in [0.25, 0.3) is 11.0 Å². The minimum Gasteiger partial charge on any atom is -0.480 e. The van der Waals surface area contributed by atoms with E-state index >= 15 is 0 Å². The predicted molar refractivity (Wildman–Crippen MR) is 91.7 cm³/mol. The number of carboxylic acids is 1. The van der Waals surface area contributed by atoms with Gasteiger partial charge in [0.1, 0.15) is 21.5 Å². The average molecular weight is 352 g/mol. The summed E-state index contributed by atoms with van der Waals surface area (Å²) in [5.74, 6) is -0.534. The lowest BCUT2D eigenvalue weighted by molar-refractivity contribution is -0.136. The van der Waals surface area contributed by atoms with Gasteiger partial charge < -0.3 is 5.11 Å². The Labute approximate surface area is 142 Å². The van der Waals surface area contributed by atoms with Gasteiger partial charge in [0.2, 0.25) is 0 Å². The molecule has 2 rings (SSSR count). The second kappa shape index (κ2) is 6.76. The Balaban J connectivity index is 2.88. The Kier molecular flexibility index (Phi) is 5.12. The fourth-order valence-corrected chi connectivity index (χ4v) is 3.21. The number of hydrogen-bond acceptors (Lipinski definition) is 6. The van der Waals surface area contributed by atoms with Crippen molar-refractivity contribution < 1.29 is 9.90 Å². The van der Waals surface area contributed by atoms with Gasteiger partial charge in [0, 0.05) is 20.0 Å². The fraction of sp³-hybridized carbons (Fsp3) is 0.533. The third-order valence-electron chi connectivity index (χ3n) is 3.70. The summed E-state index contributed by atoms with van der Waals surface area (Å²) in [6, 6.07) is 0. The first kappa shape index (κ1) is 18.2. The molecule has 24 heavy (non-hydrogen) atoms. The first-order valence-electron chi connectivity index (χ1n) is 7.56. The summed E-state index contributed by atoms with van der Waals surface area (Å²) in [5, 5.41) is 9.05. The molecule has 2 aromatic rings. The first-order valence-corrected chi connectivity index (χ1v) is 8.44. The van der Waals surface area contributed by atoms with Crippen molar-refractivity contribution in [1.29, 1.82) is 0 Å². The number of aliphatic carboxylic acids is 1. The quantitative estimate of drug-likeness (QED) is 0.634. The van der Waals surface area contributed by atoms with E-state index in [4.69, 9.17) is 0 Å². The Hall–Kier alpha value is -2.16. The van der Waals surface area contributed by atoms with E-state index in [0.29, 0.717) is 17.3 Å². The monoisotopic (exact) mass is 352 g/mol. The van der Waals surface area contributed by atoms with E-state index in [2.05, 4.69) is 9.97 Å². The number of aryl methyl sites for hydroxylation is 1. The minimum atomic E-state index is -0.970. The maximum absolute atomic E-state index is 12.6. The highest BCUT2D eigenvalue weighted by molar-refractivity contribution is 8.00. The van der Waals surface area contributed by atoms with Gasteiger partial charge in [0.25, 0.3) is 5.56 Å². The van der Waals surface area contributed by atoms with Crippen LogP contribution < -0.4 is 11.2 Å². The van der Waals surface area contributed by atoms with Crippen LogP contribution in [0.2, 0.25) is 0 Å². The second-order valence-electron chi connectivity index (χ2n) is 5.80. The number of carboxylic acid groups (broad SMARTS) is 1. The van der Waals surface area contributed by atoms with Crippen molar-refractivity contribution in [3.63, 3.8) is 0 Å². The van der Waals surface area contributed by atoms with E-state index < -0.39 is 22.5 Å². The molecule has 9 heteroatoms. The van der Waals surface area contributed by atoms with E-state index in [9.17, 15) is 19.5 Å². The second-order valence-corrected chi connectivity index (χ2v) is 6.99. The smallest absolute Gasteiger partial charge is 0.332 e. The van der Waals surface area contributed by atoms with Crippen molar-refractivity contribution in [2.45, 2.75) is 43.4 Å². The van der Waals surface area contributed by atoms with Gasteiger partial charge in [-0.15, -0.1) is 0 Å². The maximum Gasteiger partial charge on any atom is 0.332 e. The van der Waals surface area contributed by atoms with Crippen LogP contribution in [0.4, 0.5) is 0 Å². The Morgan fingerprint density at radius 3 is 2.33 bits per heavy atom. The number of aromatic nitrogens is 4. The van der Waals surface area contributed by atoms with Gasteiger partial charge in [-0.2, -0.15) is 0 Å². The van der Waals surface area contributed by atoms with Gasteiger partial charge in [-0.25, -0.2) is 14.8 Å². The molecule has 0 amide bonds. The average Bonchev–Trinajstić information content (AvgIpc) is 2.54. The zero-order valence-electron chi connectivity index (χ0n) is 14.2. The van der Waals surface area contributed by atoms with Crippen molar-refractivity contribution in [3.05, 3.63) is 26.7 Å². The van der Waals surface area contributed by atoms with E-state index in [1.54, 1.807) is 6.92 Å². The summed E-state index contributed by atoms with van der Waals surface area (Å²) in [5.41, 5.74) is -0.780. The summed E-state index contributed by atoms with van der Waals surface area (Å²) in [6.07, 6.45) is 0.384. The van der Waals surface area contributed by atoms with Crippen LogP contribution in [-0.2, 0) is 18.9 Å². The molecule has 2 aromatic heterocycles. The molecule has 0 spiro atoms. The molecular weight excluding hydrogens is 332 g/mol. The first-order chi connectivity index (χ1) is 11.2. The summed E-state index contributed by atoms with van der Waals surface area (Å²) in [4.78, 5) is 44.8. The van der Waals surface area contributed by atoms with Crippen LogP contribution in [0.3, 0.4) is 0 Å². The molecule has 0 aliphatic rings. The van der Waals surface area contributed by atoms with Crippen LogP contribution in [0.1, 0.15) is 38.9 Å². The molecule has 1 N–H and O–H groups in total. The molecule has 0 radical (unpaired) electrons. The molecule has 0 aliphatic heterocycles. The molecule has 0 bridgehead atoms. The fourth-order valence-electron chi connectivity index (χ4n) is 2.23. The van der Waals surface area contributed by atoms with Crippen LogP contribution in [0.5, 0.6) is 0 Å². The molecule has 8 nitrogen and oxygen atoms in total. The minimum absolute atomic E-state index is 0.0298.